The highest BCUT2D eigenvalue weighted by molar-refractivity contribution is 9.11. The largest absolute Gasteiger partial charge is 0.443 e. The number of fused-ring (bicyclic) bond motifs is 3. The molecule has 1 heterocycles. The third-order valence-electron chi connectivity index (χ3n) is 3.58. The quantitative estimate of drug-likeness (QED) is 0.770. The molecule has 0 unspecified atom stereocenters. The number of carbonyl (C=O) groups is 1. The van der Waals surface area contributed by atoms with Gasteiger partial charge in [-0.2, -0.15) is 0 Å². The van der Waals surface area contributed by atoms with Crippen molar-refractivity contribution < 1.29 is 9.53 Å². The minimum atomic E-state index is -0.256. The number of carbonyl (C=O) groups excluding carboxylic acids is 1. The lowest BCUT2D eigenvalue weighted by Crippen LogP contribution is -2.25. The second-order valence-electron chi connectivity index (χ2n) is 5.37. The highest BCUT2D eigenvalue weighted by Gasteiger charge is 2.48. The molecule has 2 atom stereocenters. The van der Waals surface area contributed by atoms with Crippen LogP contribution >= 0.6 is 15.9 Å². The molecule has 1 fully saturated rings. The molecule has 1 aliphatic carbocycles. The SMILES string of the molecule is CC(C)/C=C(\Br)N1C(=O)O[C@@H]2Cc3ccccc3[C@@H]21. The van der Waals surface area contributed by atoms with Crippen LogP contribution in [0, 0.1) is 5.92 Å². The molecule has 0 N–H and O–H groups in total. The maximum atomic E-state index is 12.1. The monoisotopic (exact) mass is 321 g/mol. The maximum absolute atomic E-state index is 12.1. The Morgan fingerprint density at radius 2 is 2.21 bits per heavy atom. The first kappa shape index (κ1) is 12.7. The highest BCUT2D eigenvalue weighted by Crippen LogP contribution is 2.45. The summed E-state index contributed by atoms with van der Waals surface area (Å²) >= 11 is 3.52. The summed E-state index contributed by atoms with van der Waals surface area (Å²) in [6.45, 7) is 4.17. The van der Waals surface area contributed by atoms with Crippen molar-refractivity contribution in [3.05, 3.63) is 46.1 Å². The molecular formula is C15H16BrNO2. The van der Waals surface area contributed by atoms with Gasteiger partial charge in [0.25, 0.3) is 0 Å². The van der Waals surface area contributed by atoms with E-state index in [1.54, 1.807) is 4.90 Å². The van der Waals surface area contributed by atoms with Gasteiger partial charge in [0.1, 0.15) is 12.1 Å². The molecule has 100 valence electrons. The Balaban J connectivity index is 2.00. The first-order valence-corrected chi connectivity index (χ1v) is 7.32. The summed E-state index contributed by atoms with van der Waals surface area (Å²) in [6, 6.07) is 8.26. The van der Waals surface area contributed by atoms with Gasteiger partial charge >= 0.3 is 6.09 Å². The van der Waals surface area contributed by atoms with Crippen molar-refractivity contribution in [2.45, 2.75) is 32.4 Å². The average molecular weight is 322 g/mol. The van der Waals surface area contributed by atoms with Crippen LogP contribution in [0.15, 0.2) is 34.9 Å². The van der Waals surface area contributed by atoms with Crippen molar-refractivity contribution in [2.75, 3.05) is 0 Å². The number of amides is 1. The van der Waals surface area contributed by atoms with Crippen LogP contribution in [0.2, 0.25) is 0 Å². The molecule has 0 spiro atoms. The predicted molar refractivity (Wildman–Crippen MR) is 76.8 cm³/mol. The first-order chi connectivity index (χ1) is 9.08. The molecular weight excluding hydrogens is 306 g/mol. The Labute approximate surface area is 121 Å². The summed E-state index contributed by atoms with van der Waals surface area (Å²) in [5, 5.41) is 0. The molecule has 19 heavy (non-hydrogen) atoms. The van der Waals surface area contributed by atoms with E-state index in [2.05, 4.69) is 41.9 Å². The molecule has 0 aromatic heterocycles. The molecule has 0 bridgehead atoms. The third-order valence-corrected chi connectivity index (χ3v) is 4.22. The lowest BCUT2D eigenvalue weighted by molar-refractivity contribution is 0.134. The molecule has 1 aromatic carbocycles. The fourth-order valence-electron chi connectivity index (χ4n) is 2.82. The molecule has 0 saturated carbocycles. The van der Waals surface area contributed by atoms with Crippen LogP contribution in [-0.4, -0.2) is 17.1 Å². The zero-order chi connectivity index (χ0) is 13.6. The van der Waals surface area contributed by atoms with Crippen LogP contribution in [0.25, 0.3) is 0 Å². The first-order valence-electron chi connectivity index (χ1n) is 6.53. The third kappa shape index (κ3) is 2.08. The van der Waals surface area contributed by atoms with Crippen molar-refractivity contribution in [1.82, 2.24) is 4.90 Å². The van der Waals surface area contributed by atoms with E-state index in [1.165, 1.54) is 11.1 Å². The summed E-state index contributed by atoms with van der Waals surface area (Å²) < 4.78 is 6.30. The lowest BCUT2D eigenvalue weighted by atomic mass is 10.1. The summed E-state index contributed by atoms with van der Waals surface area (Å²) in [4.78, 5) is 13.8. The van der Waals surface area contributed by atoms with E-state index in [9.17, 15) is 4.79 Å². The molecule has 1 saturated heterocycles. The fraction of sp³-hybridized carbons (Fsp3) is 0.400. The Morgan fingerprint density at radius 3 is 2.95 bits per heavy atom. The fourth-order valence-corrected chi connectivity index (χ4v) is 3.72. The molecule has 3 rings (SSSR count). The Bertz CT molecular complexity index is 553. The molecule has 3 nitrogen and oxygen atoms in total. The van der Waals surface area contributed by atoms with E-state index in [4.69, 9.17) is 4.74 Å². The van der Waals surface area contributed by atoms with Crippen LogP contribution in [0.1, 0.15) is 31.0 Å². The van der Waals surface area contributed by atoms with Crippen molar-refractivity contribution in [2.24, 2.45) is 5.92 Å². The van der Waals surface area contributed by atoms with Crippen molar-refractivity contribution in [3.63, 3.8) is 0 Å². The van der Waals surface area contributed by atoms with Gasteiger partial charge in [0, 0.05) is 6.42 Å². The number of allylic oxidation sites excluding steroid dienone is 1. The van der Waals surface area contributed by atoms with Crippen molar-refractivity contribution in [3.8, 4) is 0 Å². The Morgan fingerprint density at radius 1 is 1.47 bits per heavy atom. The van der Waals surface area contributed by atoms with E-state index in [0.29, 0.717) is 5.92 Å². The van der Waals surface area contributed by atoms with E-state index in [-0.39, 0.29) is 18.2 Å². The molecule has 1 aliphatic heterocycles. The standard InChI is InChI=1S/C15H16BrNO2/c1-9(2)7-13(16)17-14-11-6-4-3-5-10(11)8-12(14)19-15(17)18/h3-7,9,12,14H,8H2,1-2H3/b13-7+/t12-,14+/m1/s1. The molecule has 2 aliphatic rings. The molecule has 1 aromatic rings. The Hall–Kier alpha value is -1.29. The van der Waals surface area contributed by atoms with Gasteiger partial charge in [-0.1, -0.05) is 44.2 Å². The Kier molecular flexibility index (Phi) is 3.13. The van der Waals surface area contributed by atoms with Crippen LogP contribution < -0.4 is 0 Å². The van der Waals surface area contributed by atoms with E-state index >= 15 is 0 Å². The number of nitrogens with zero attached hydrogens (tertiary/aromatic N) is 1. The summed E-state index contributed by atoms with van der Waals surface area (Å²) in [6.07, 6.45) is 2.53. The van der Waals surface area contributed by atoms with Gasteiger partial charge in [0.2, 0.25) is 0 Å². The number of hydrogen-bond donors (Lipinski definition) is 0. The summed E-state index contributed by atoms with van der Waals surface area (Å²) in [5.74, 6) is 0.373. The van der Waals surface area contributed by atoms with Gasteiger partial charge in [-0.3, -0.25) is 4.90 Å². The van der Waals surface area contributed by atoms with Gasteiger partial charge in [-0.05, 0) is 33.0 Å². The van der Waals surface area contributed by atoms with Gasteiger partial charge in [-0.25, -0.2) is 4.79 Å². The number of benzene rings is 1. The molecule has 4 heteroatoms. The van der Waals surface area contributed by atoms with Crippen LogP contribution in [0.5, 0.6) is 0 Å². The van der Waals surface area contributed by atoms with Gasteiger partial charge in [-0.15, -0.1) is 0 Å². The zero-order valence-corrected chi connectivity index (χ0v) is 12.6. The number of halogens is 1. The van der Waals surface area contributed by atoms with Crippen molar-refractivity contribution >= 4 is 22.0 Å². The molecule has 1 amide bonds. The normalized spacial score (nSPS) is 25.6. The van der Waals surface area contributed by atoms with E-state index in [0.717, 1.165) is 11.0 Å². The van der Waals surface area contributed by atoms with Gasteiger partial charge in [0.05, 0.1) is 4.61 Å². The van der Waals surface area contributed by atoms with Crippen LogP contribution in [0.4, 0.5) is 4.79 Å². The second kappa shape index (κ2) is 4.67. The lowest BCUT2D eigenvalue weighted by Gasteiger charge is -2.21. The van der Waals surface area contributed by atoms with Crippen molar-refractivity contribution in [1.29, 1.82) is 0 Å². The summed E-state index contributed by atoms with van der Waals surface area (Å²) in [5.41, 5.74) is 2.48. The molecule has 0 radical (unpaired) electrons. The van der Waals surface area contributed by atoms with Gasteiger partial charge in [0.15, 0.2) is 0 Å². The topological polar surface area (TPSA) is 29.5 Å². The minimum Gasteiger partial charge on any atom is -0.443 e. The maximum Gasteiger partial charge on any atom is 0.415 e. The number of hydrogen-bond acceptors (Lipinski definition) is 2. The van der Waals surface area contributed by atoms with E-state index < -0.39 is 0 Å². The van der Waals surface area contributed by atoms with E-state index in [1.807, 2.05) is 18.2 Å². The smallest absolute Gasteiger partial charge is 0.415 e. The van der Waals surface area contributed by atoms with Crippen LogP contribution in [-0.2, 0) is 11.2 Å². The zero-order valence-electron chi connectivity index (χ0n) is 11.0. The highest BCUT2D eigenvalue weighted by atomic mass is 79.9. The second-order valence-corrected chi connectivity index (χ2v) is 6.19. The predicted octanol–water partition coefficient (Wildman–Crippen LogP) is 4.00. The number of ether oxygens (including phenoxy) is 1. The van der Waals surface area contributed by atoms with Crippen LogP contribution in [0.3, 0.4) is 0 Å². The van der Waals surface area contributed by atoms with Gasteiger partial charge < -0.3 is 4.74 Å². The number of rotatable bonds is 2. The minimum absolute atomic E-state index is 0.00748. The average Bonchev–Trinajstić information content (AvgIpc) is 2.82. The summed E-state index contributed by atoms with van der Waals surface area (Å²) in [7, 11) is 0.